The molecule has 0 fully saturated rings. The molecule has 0 unspecified atom stereocenters. The number of nitrogens with two attached hydrogens (primary N) is 1. The van der Waals surface area contributed by atoms with Crippen LogP contribution in [0.4, 0.5) is 4.39 Å². The van der Waals surface area contributed by atoms with Crippen LogP contribution in [0.5, 0.6) is 5.75 Å². The van der Waals surface area contributed by atoms with E-state index < -0.39 is 17.2 Å². The number of amides is 1. The lowest BCUT2D eigenvalue weighted by Crippen LogP contribution is -2.20. The van der Waals surface area contributed by atoms with Gasteiger partial charge in [-0.3, -0.25) is 9.59 Å². The zero-order chi connectivity index (χ0) is 18.1. The zero-order valence-corrected chi connectivity index (χ0v) is 13.9. The minimum atomic E-state index is -0.623. The summed E-state index contributed by atoms with van der Waals surface area (Å²) in [6, 6.07) is 8.65. The lowest BCUT2D eigenvalue weighted by atomic mass is 10.0. The Balaban J connectivity index is 2.19. The average Bonchev–Trinajstić information content (AvgIpc) is 2.55. The maximum absolute atomic E-state index is 14.2. The van der Waals surface area contributed by atoms with Crippen LogP contribution in [0.15, 0.2) is 45.6 Å². The van der Waals surface area contributed by atoms with Crippen LogP contribution in [-0.4, -0.2) is 12.5 Å². The molecule has 3 aromatic rings. The molecule has 0 spiro atoms. The maximum atomic E-state index is 14.2. The monoisotopic (exact) mass is 361 g/mol. The lowest BCUT2D eigenvalue weighted by Gasteiger charge is -2.10. The van der Waals surface area contributed by atoms with Crippen molar-refractivity contribution >= 4 is 28.5 Å². The second-order valence-corrected chi connectivity index (χ2v) is 5.78. The second-order valence-electron chi connectivity index (χ2n) is 5.37. The molecule has 0 saturated heterocycles. The van der Waals surface area contributed by atoms with Crippen molar-refractivity contribution in [1.29, 1.82) is 0 Å². The number of ether oxygens (including phenoxy) is 1. The normalized spacial score (nSPS) is 10.8. The Bertz CT molecular complexity index is 1020. The van der Waals surface area contributed by atoms with Gasteiger partial charge in [-0.05, 0) is 31.2 Å². The predicted octanol–water partition coefficient (Wildman–Crippen LogP) is 3.43. The van der Waals surface area contributed by atoms with Crippen LogP contribution in [0.25, 0.3) is 22.1 Å². The van der Waals surface area contributed by atoms with Gasteiger partial charge in [0.15, 0.2) is 6.61 Å². The Hall–Kier alpha value is -2.86. The van der Waals surface area contributed by atoms with Crippen molar-refractivity contribution in [2.24, 2.45) is 5.73 Å². The van der Waals surface area contributed by atoms with Crippen molar-refractivity contribution in [1.82, 2.24) is 0 Å². The summed E-state index contributed by atoms with van der Waals surface area (Å²) in [6.07, 6.45) is 0. The summed E-state index contributed by atoms with van der Waals surface area (Å²) < 4.78 is 25.1. The van der Waals surface area contributed by atoms with E-state index in [0.29, 0.717) is 5.75 Å². The van der Waals surface area contributed by atoms with Gasteiger partial charge in [0.2, 0.25) is 5.43 Å². The van der Waals surface area contributed by atoms with Crippen molar-refractivity contribution < 1.29 is 18.3 Å². The van der Waals surface area contributed by atoms with E-state index in [1.54, 1.807) is 6.92 Å². The van der Waals surface area contributed by atoms with Gasteiger partial charge in [0, 0.05) is 11.6 Å². The van der Waals surface area contributed by atoms with Gasteiger partial charge in [-0.25, -0.2) is 4.39 Å². The summed E-state index contributed by atoms with van der Waals surface area (Å²) in [7, 11) is 0. The third kappa shape index (κ3) is 3.21. The van der Waals surface area contributed by atoms with Crippen molar-refractivity contribution in [3.05, 3.63) is 63.2 Å². The molecule has 2 aromatic carbocycles. The molecule has 0 saturated carbocycles. The fraction of sp³-hybridized carbons (Fsp3) is 0.111. The Morgan fingerprint density at radius 3 is 2.72 bits per heavy atom. The highest BCUT2D eigenvalue weighted by Gasteiger charge is 2.19. The van der Waals surface area contributed by atoms with Crippen molar-refractivity contribution in [2.75, 3.05) is 6.61 Å². The first kappa shape index (κ1) is 17.0. The van der Waals surface area contributed by atoms with E-state index >= 15 is 0 Å². The molecule has 0 aliphatic heterocycles. The van der Waals surface area contributed by atoms with Crippen molar-refractivity contribution in [2.45, 2.75) is 6.92 Å². The molecule has 0 aliphatic rings. The summed E-state index contributed by atoms with van der Waals surface area (Å²) in [5.41, 5.74) is 4.95. The molecule has 7 heteroatoms. The molecule has 5 nitrogen and oxygen atoms in total. The van der Waals surface area contributed by atoms with Crippen LogP contribution < -0.4 is 15.9 Å². The molecule has 0 aliphatic carbocycles. The van der Waals surface area contributed by atoms with Crippen LogP contribution in [0.2, 0.25) is 5.02 Å². The van der Waals surface area contributed by atoms with Gasteiger partial charge in [0.25, 0.3) is 5.91 Å². The summed E-state index contributed by atoms with van der Waals surface area (Å²) in [5.74, 6) is -0.687. The van der Waals surface area contributed by atoms with Gasteiger partial charge in [-0.1, -0.05) is 17.7 Å². The maximum Gasteiger partial charge on any atom is 0.255 e. The second kappa shape index (κ2) is 6.57. The number of carbonyl (C=O) groups excluding carboxylic acids is 1. The number of primary amides is 1. The number of aryl methyl sites for hydroxylation is 1. The average molecular weight is 362 g/mol. The first-order valence-corrected chi connectivity index (χ1v) is 7.69. The number of benzene rings is 2. The van der Waals surface area contributed by atoms with Gasteiger partial charge in [-0.2, -0.15) is 0 Å². The van der Waals surface area contributed by atoms with Gasteiger partial charge < -0.3 is 14.9 Å². The van der Waals surface area contributed by atoms with E-state index in [0.717, 1.165) is 0 Å². The van der Waals surface area contributed by atoms with E-state index in [-0.39, 0.29) is 39.5 Å². The van der Waals surface area contributed by atoms with E-state index in [4.69, 9.17) is 26.5 Å². The minimum absolute atomic E-state index is 0.00590. The van der Waals surface area contributed by atoms with Crippen LogP contribution in [0.1, 0.15) is 5.76 Å². The van der Waals surface area contributed by atoms with Crippen molar-refractivity contribution in [3.63, 3.8) is 0 Å². The highest BCUT2D eigenvalue weighted by molar-refractivity contribution is 6.33. The van der Waals surface area contributed by atoms with Gasteiger partial charge in [0.05, 0.1) is 16.0 Å². The number of carbonyl (C=O) groups is 1. The fourth-order valence-corrected chi connectivity index (χ4v) is 2.81. The molecule has 2 N–H and O–H groups in total. The molecule has 128 valence electrons. The summed E-state index contributed by atoms with van der Waals surface area (Å²) in [5, 5.41) is 0.363. The van der Waals surface area contributed by atoms with Gasteiger partial charge in [0.1, 0.15) is 22.9 Å². The molecule has 0 radical (unpaired) electrons. The zero-order valence-electron chi connectivity index (χ0n) is 13.1. The first-order chi connectivity index (χ1) is 11.9. The highest BCUT2D eigenvalue weighted by Crippen LogP contribution is 2.32. The SMILES string of the molecule is Cc1oc2cc(OCC(N)=O)ccc2c(=O)c1-c1c(F)cccc1Cl. The van der Waals surface area contributed by atoms with Crippen LogP contribution in [0, 0.1) is 12.7 Å². The number of rotatable bonds is 4. The number of hydrogen-bond donors (Lipinski definition) is 1. The smallest absolute Gasteiger partial charge is 0.255 e. The van der Waals surface area contributed by atoms with E-state index in [9.17, 15) is 14.0 Å². The van der Waals surface area contributed by atoms with E-state index in [2.05, 4.69) is 0 Å². The van der Waals surface area contributed by atoms with E-state index in [1.807, 2.05) is 0 Å². The molecule has 0 bridgehead atoms. The summed E-state index contributed by atoms with van der Waals surface area (Å²) >= 11 is 6.07. The predicted molar refractivity (Wildman–Crippen MR) is 92.3 cm³/mol. The largest absolute Gasteiger partial charge is 0.484 e. The topological polar surface area (TPSA) is 82.5 Å². The van der Waals surface area contributed by atoms with Crippen LogP contribution in [0.3, 0.4) is 0 Å². The molecule has 1 heterocycles. The standard InChI is InChI=1S/C18H13ClFNO4/c1-9-16(17-12(19)3-2-4-13(17)20)18(23)11-6-5-10(7-14(11)25-9)24-8-15(21)22/h2-7H,8H2,1H3,(H2,21,22). The Morgan fingerprint density at radius 2 is 2.04 bits per heavy atom. The Labute approximate surface area is 146 Å². The minimum Gasteiger partial charge on any atom is -0.484 e. The van der Waals surface area contributed by atoms with Crippen molar-refractivity contribution in [3.8, 4) is 16.9 Å². The first-order valence-electron chi connectivity index (χ1n) is 7.31. The Kier molecular flexibility index (Phi) is 4.46. The lowest BCUT2D eigenvalue weighted by molar-refractivity contribution is -0.119. The molecule has 1 amide bonds. The molecule has 25 heavy (non-hydrogen) atoms. The quantitative estimate of drug-likeness (QED) is 0.771. The van der Waals surface area contributed by atoms with Gasteiger partial charge >= 0.3 is 0 Å². The van der Waals surface area contributed by atoms with Crippen LogP contribution in [-0.2, 0) is 4.79 Å². The fourth-order valence-electron chi connectivity index (χ4n) is 2.56. The highest BCUT2D eigenvalue weighted by atomic mass is 35.5. The third-order valence-corrected chi connectivity index (χ3v) is 3.95. The van der Waals surface area contributed by atoms with Crippen LogP contribution >= 0.6 is 11.6 Å². The number of fused-ring (bicyclic) bond motifs is 1. The third-order valence-electron chi connectivity index (χ3n) is 3.63. The number of halogens is 2. The van der Waals surface area contributed by atoms with Gasteiger partial charge in [-0.15, -0.1) is 0 Å². The molecular weight excluding hydrogens is 349 g/mol. The Morgan fingerprint density at radius 1 is 1.28 bits per heavy atom. The summed E-state index contributed by atoms with van der Waals surface area (Å²) in [4.78, 5) is 23.6. The van der Waals surface area contributed by atoms with E-state index in [1.165, 1.54) is 36.4 Å². The molecule has 0 atom stereocenters. The summed E-state index contributed by atoms with van der Waals surface area (Å²) in [6.45, 7) is 1.26. The molecule has 3 rings (SSSR count). The number of hydrogen-bond acceptors (Lipinski definition) is 4. The molecular formula is C18H13ClFNO4. The molecule has 1 aromatic heterocycles.